The van der Waals surface area contributed by atoms with Crippen LogP contribution in [0.2, 0.25) is 0 Å². The minimum Gasteiger partial charge on any atom is -0.481 e. The molecule has 0 aromatic carbocycles. The van der Waals surface area contributed by atoms with Crippen LogP contribution >= 0.6 is 25.4 Å². The average Bonchev–Trinajstić information content (AvgIpc) is 3.21. The predicted molar refractivity (Wildman–Crippen MR) is 240 cm³/mol. The average molecular weight is 877 g/mol. The van der Waals surface area contributed by atoms with Crippen molar-refractivity contribution in [3.63, 3.8) is 0 Å². The molecule has 1 fully saturated rings. The number of hydrogen-bond acceptors (Lipinski definition) is 10. The highest BCUT2D eigenvalue weighted by Crippen LogP contribution is 2.14. The number of carboxylic acid groups (broad SMARTS) is 2. The molecule has 344 valence electrons. The predicted octanol–water partition coefficient (Wildman–Crippen LogP) is 6.00. The molecular formula is C42H80N6O9S2. The second-order valence-corrected chi connectivity index (χ2v) is 15.6. The number of amides is 4. The van der Waals surface area contributed by atoms with E-state index in [-0.39, 0.29) is 60.2 Å². The number of aliphatic carboxylic acids is 2. The van der Waals surface area contributed by atoms with E-state index in [0.717, 1.165) is 96.3 Å². The first-order valence-corrected chi connectivity index (χ1v) is 23.2. The molecule has 17 heteroatoms. The van der Waals surface area contributed by atoms with Crippen molar-refractivity contribution < 1.29 is 43.8 Å². The zero-order valence-corrected chi connectivity index (χ0v) is 38.1. The van der Waals surface area contributed by atoms with Crippen LogP contribution in [0, 0.1) is 0 Å². The molecule has 1 saturated heterocycles. The molecule has 1 rings (SSSR count). The Balaban J connectivity index is 0. The molecule has 1 heterocycles. The third-order valence-electron chi connectivity index (χ3n) is 9.87. The number of unbranched alkanes of at least 4 members (excludes halogenated alkanes) is 15. The van der Waals surface area contributed by atoms with E-state index in [1.807, 2.05) is 13.8 Å². The van der Waals surface area contributed by atoms with Crippen LogP contribution in [0.4, 0.5) is 0 Å². The number of carbonyl (C=O) groups is 7. The first kappa shape index (κ1) is 58.2. The van der Waals surface area contributed by atoms with Gasteiger partial charge in [0.25, 0.3) is 0 Å². The summed E-state index contributed by atoms with van der Waals surface area (Å²) >= 11 is 7.72. The summed E-state index contributed by atoms with van der Waals surface area (Å²) in [6, 6.07) is -1.50. The summed E-state index contributed by atoms with van der Waals surface area (Å²) in [5.74, 6) is -2.24. The van der Waals surface area contributed by atoms with E-state index in [1.165, 1.54) is 32.1 Å². The number of nitrogens with one attached hydrogen (secondary N) is 6. The molecule has 4 atom stereocenters. The van der Waals surface area contributed by atoms with Gasteiger partial charge in [-0.1, -0.05) is 117 Å². The van der Waals surface area contributed by atoms with Gasteiger partial charge >= 0.3 is 11.9 Å². The van der Waals surface area contributed by atoms with Gasteiger partial charge in [-0.15, -0.1) is 12.6 Å². The summed E-state index contributed by atoms with van der Waals surface area (Å²) in [5, 5.41) is 31.9. The Bertz CT molecular complexity index is 1140. The van der Waals surface area contributed by atoms with Crippen molar-refractivity contribution in [3.8, 4) is 0 Å². The molecule has 0 bridgehead atoms. The lowest BCUT2D eigenvalue weighted by molar-refractivity contribution is -0.142. The summed E-state index contributed by atoms with van der Waals surface area (Å²) in [6.45, 7) is 7.92. The molecular weight excluding hydrogens is 797 g/mol. The lowest BCUT2D eigenvalue weighted by Crippen LogP contribution is -2.58. The van der Waals surface area contributed by atoms with Gasteiger partial charge in [0, 0.05) is 44.9 Å². The molecule has 59 heavy (non-hydrogen) atoms. The second kappa shape index (κ2) is 41.8. The normalized spacial score (nSPS) is 15.5. The summed E-state index contributed by atoms with van der Waals surface area (Å²) in [4.78, 5) is 79.0. The van der Waals surface area contributed by atoms with Crippen molar-refractivity contribution in [2.24, 2.45) is 0 Å². The van der Waals surface area contributed by atoms with E-state index in [0.29, 0.717) is 38.9 Å². The number of thiol groups is 2. The Morgan fingerprint density at radius 1 is 0.729 bits per heavy atom. The Hall–Kier alpha value is -2.89. The topological polar surface area (TPSA) is 232 Å². The Labute approximate surface area is 365 Å². The standard InChI is InChI=1S/C27H50N2O6.C13H24N4O3S2.C2H6/c1-2-3-4-17-22-28-24(30)21-20-23(27(34)35)29-25(31)18-15-13-11-9-7-5-6-8-10-12-14-16-19-26(32)33;18-8-14-6-2-1-3-10-12(19)15-7-9(16-10)4-5-11(17-22)13(20)21;1-2/h23H,2-22H2,1H3,(H,28,30)(H,29,31)(H,32,33)(H,34,35);8-11,16-17,22H,1-7H2,(H,14,18)(H,15,19)(H,20,21);1-2H3. The van der Waals surface area contributed by atoms with Gasteiger partial charge < -0.3 is 36.8 Å². The maximum atomic E-state index is 12.1. The van der Waals surface area contributed by atoms with Gasteiger partial charge in [0.15, 0.2) is 0 Å². The fourth-order valence-corrected chi connectivity index (χ4v) is 6.95. The van der Waals surface area contributed by atoms with Crippen molar-refractivity contribution in [3.05, 3.63) is 0 Å². The number of hydrogen-bond donors (Lipinski definition) is 10. The van der Waals surface area contributed by atoms with E-state index in [2.05, 4.69) is 63.7 Å². The first-order chi connectivity index (χ1) is 28.4. The van der Waals surface area contributed by atoms with Gasteiger partial charge in [0.2, 0.25) is 29.2 Å². The maximum Gasteiger partial charge on any atom is 0.326 e. The smallest absolute Gasteiger partial charge is 0.326 e. The van der Waals surface area contributed by atoms with Gasteiger partial charge in [-0.25, -0.2) is 4.79 Å². The van der Waals surface area contributed by atoms with Crippen LogP contribution in [0.25, 0.3) is 0 Å². The minimum absolute atomic E-state index is 0.00809. The Morgan fingerprint density at radius 2 is 1.29 bits per heavy atom. The zero-order chi connectivity index (χ0) is 44.5. The molecule has 4 amide bonds. The van der Waals surface area contributed by atoms with Crippen molar-refractivity contribution in [1.82, 2.24) is 31.3 Å². The van der Waals surface area contributed by atoms with Crippen LogP contribution in [0.15, 0.2) is 0 Å². The lowest BCUT2D eigenvalue weighted by Gasteiger charge is -2.31. The van der Waals surface area contributed by atoms with E-state index >= 15 is 0 Å². The molecule has 0 radical (unpaired) electrons. The summed E-state index contributed by atoms with van der Waals surface area (Å²) in [7, 11) is 0. The van der Waals surface area contributed by atoms with Crippen LogP contribution < -0.4 is 31.3 Å². The van der Waals surface area contributed by atoms with Crippen LogP contribution in [0.5, 0.6) is 0 Å². The summed E-state index contributed by atoms with van der Waals surface area (Å²) in [5.41, 5.74) is 0. The van der Waals surface area contributed by atoms with Crippen molar-refractivity contribution in [1.29, 1.82) is 0 Å². The molecule has 15 nitrogen and oxygen atoms in total. The second-order valence-electron chi connectivity index (χ2n) is 14.9. The molecule has 8 N–H and O–H groups in total. The molecule has 0 aromatic heterocycles. The van der Waals surface area contributed by atoms with E-state index < -0.39 is 18.0 Å². The van der Waals surface area contributed by atoms with Gasteiger partial charge in [0.05, 0.1) is 12.1 Å². The van der Waals surface area contributed by atoms with Crippen molar-refractivity contribution in [2.75, 3.05) is 19.6 Å². The zero-order valence-electron chi connectivity index (χ0n) is 36.3. The van der Waals surface area contributed by atoms with Crippen LogP contribution in [0.3, 0.4) is 0 Å². The monoisotopic (exact) mass is 877 g/mol. The van der Waals surface area contributed by atoms with Crippen LogP contribution in [0.1, 0.15) is 181 Å². The van der Waals surface area contributed by atoms with Gasteiger partial charge in [-0.05, 0) is 57.8 Å². The number of rotatable bonds is 36. The molecule has 0 saturated carbocycles. The molecule has 4 unspecified atom stereocenters. The van der Waals surface area contributed by atoms with Gasteiger partial charge in [-0.2, -0.15) is 0 Å². The number of piperazine rings is 1. The highest BCUT2D eigenvalue weighted by Gasteiger charge is 2.28. The lowest BCUT2D eigenvalue weighted by atomic mass is 10.0. The van der Waals surface area contributed by atoms with Crippen LogP contribution in [-0.2, 0) is 33.6 Å². The van der Waals surface area contributed by atoms with Crippen molar-refractivity contribution >= 4 is 66.6 Å². The highest BCUT2D eigenvalue weighted by atomic mass is 32.1. The fourth-order valence-electron chi connectivity index (χ4n) is 6.41. The Morgan fingerprint density at radius 3 is 1.81 bits per heavy atom. The first-order valence-electron chi connectivity index (χ1n) is 22.3. The number of carbonyl (C=O) groups excluding carboxylic acids is 5. The summed E-state index contributed by atoms with van der Waals surface area (Å²) < 4.78 is 2.63. The SMILES string of the molecule is CC.CCCCCCNC(=O)CCC(NC(=O)CCCCCCCCCCCCCCC(=O)O)C(=O)O.O=CNCCCCC1NC(CCC(NS)C(=O)S)CNC1=O. The van der Waals surface area contributed by atoms with Gasteiger partial charge in [0.1, 0.15) is 6.04 Å². The van der Waals surface area contributed by atoms with Gasteiger partial charge in [-0.3, -0.25) is 33.5 Å². The molecule has 0 spiro atoms. The van der Waals surface area contributed by atoms with Crippen molar-refractivity contribution in [2.45, 2.75) is 205 Å². The quantitative estimate of drug-likeness (QED) is 0.0199. The van der Waals surface area contributed by atoms with E-state index in [4.69, 9.17) is 5.11 Å². The maximum absolute atomic E-state index is 12.1. The number of carboxylic acids is 2. The molecule has 1 aliphatic heterocycles. The van der Waals surface area contributed by atoms with E-state index in [9.17, 15) is 38.7 Å². The minimum atomic E-state index is -1.10. The summed E-state index contributed by atoms with van der Waals surface area (Å²) in [6.07, 6.45) is 22.3. The largest absolute Gasteiger partial charge is 0.481 e. The Kier molecular flexibility index (Phi) is 41.3. The molecule has 1 aliphatic rings. The van der Waals surface area contributed by atoms with E-state index in [1.54, 1.807) is 0 Å². The molecule has 0 aliphatic carbocycles. The third kappa shape index (κ3) is 36.7. The third-order valence-corrected chi connectivity index (χ3v) is 10.5. The molecule has 0 aromatic rings. The fraction of sp³-hybridized carbons (Fsp3) is 0.833. The van der Waals surface area contributed by atoms with Crippen LogP contribution in [-0.4, -0.2) is 95.2 Å². The highest BCUT2D eigenvalue weighted by molar-refractivity contribution is 7.96.